The highest BCUT2D eigenvalue weighted by Crippen LogP contribution is 2.29. The largest absolute Gasteiger partial charge is 0.342 e. The highest BCUT2D eigenvalue weighted by molar-refractivity contribution is 7.92. The number of rotatable bonds is 6. The summed E-state index contributed by atoms with van der Waals surface area (Å²) in [5, 5.41) is 1.27. The predicted octanol–water partition coefficient (Wildman–Crippen LogP) is 4.91. The monoisotopic (exact) mass is 458 g/mol. The first-order chi connectivity index (χ1) is 14.9. The van der Waals surface area contributed by atoms with E-state index < -0.39 is 15.6 Å². The fourth-order valence-electron chi connectivity index (χ4n) is 4.48. The van der Waals surface area contributed by atoms with Crippen LogP contribution in [-0.2, 0) is 21.2 Å². The first kappa shape index (κ1) is 21.9. The Bertz CT molecular complexity index is 1200. The third-order valence-electron chi connectivity index (χ3n) is 6.12. The Kier molecular flexibility index (Phi) is 6.39. The molecule has 0 aliphatic carbocycles. The highest BCUT2D eigenvalue weighted by atomic mass is 35.5. The molecule has 2 aromatic carbocycles. The molecule has 164 valence electrons. The number of carbonyl (C=O) groups excluding carboxylic acids is 1. The van der Waals surface area contributed by atoms with Crippen molar-refractivity contribution in [2.45, 2.75) is 50.1 Å². The molecule has 0 N–H and O–H groups in total. The number of halogens is 1. The summed E-state index contributed by atoms with van der Waals surface area (Å²) in [6.45, 7) is 3.14. The van der Waals surface area contributed by atoms with Crippen molar-refractivity contribution in [3.8, 4) is 0 Å². The van der Waals surface area contributed by atoms with Crippen LogP contribution in [0.15, 0.2) is 59.6 Å². The first-order valence-corrected chi connectivity index (χ1v) is 12.8. The van der Waals surface area contributed by atoms with Crippen molar-refractivity contribution in [3.05, 3.63) is 65.3 Å². The third kappa shape index (κ3) is 4.51. The van der Waals surface area contributed by atoms with Crippen LogP contribution in [0.4, 0.5) is 0 Å². The number of aromatic nitrogens is 1. The van der Waals surface area contributed by atoms with E-state index in [-0.39, 0.29) is 16.8 Å². The fourth-order valence-corrected chi connectivity index (χ4v) is 6.12. The van der Waals surface area contributed by atoms with Crippen molar-refractivity contribution in [1.29, 1.82) is 0 Å². The second kappa shape index (κ2) is 9.05. The normalized spacial score (nSPS) is 17.2. The molecular weight excluding hydrogens is 432 g/mol. The minimum atomic E-state index is -3.79. The van der Waals surface area contributed by atoms with Crippen molar-refractivity contribution in [3.63, 3.8) is 0 Å². The van der Waals surface area contributed by atoms with Gasteiger partial charge in [-0.1, -0.05) is 54.9 Å². The molecule has 5 nitrogen and oxygen atoms in total. The minimum absolute atomic E-state index is 0.137. The van der Waals surface area contributed by atoms with E-state index >= 15 is 0 Å². The number of piperidine rings is 1. The molecule has 1 aliphatic rings. The molecule has 0 radical (unpaired) electrons. The van der Waals surface area contributed by atoms with Crippen LogP contribution < -0.4 is 0 Å². The maximum Gasteiger partial charge on any atom is 0.238 e. The van der Waals surface area contributed by atoms with Crippen molar-refractivity contribution in [1.82, 2.24) is 9.47 Å². The van der Waals surface area contributed by atoms with E-state index in [2.05, 4.69) is 0 Å². The number of fused-ring (bicyclic) bond motifs is 1. The number of amides is 1. The van der Waals surface area contributed by atoms with Crippen molar-refractivity contribution in [2.75, 3.05) is 12.3 Å². The lowest BCUT2D eigenvalue weighted by Gasteiger charge is -2.35. The van der Waals surface area contributed by atoms with Gasteiger partial charge in [-0.05, 0) is 43.4 Å². The average molecular weight is 459 g/mol. The maximum absolute atomic E-state index is 13.3. The molecule has 1 fully saturated rings. The Morgan fingerprint density at radius 3 is 2.61 bits per heavy atom. The quantitative estimate of drug-likeness (QED) is 0.527. The van der Waals surface area contributed by atoms with Crippen molar-refractivity contribution in [2.24, 2.45) is 0 Å². The van der Waals surface area contributed by atoms with Gasteiger partial charge in [0.2, 0.25) is 5.91 Å². The Morgan fingerprint density at radius 1 is 1.10 bits per heavy atom. The highest BCUT2D eigenvalue weighted by Gasteiger charge is 2.31. The molecule has 0 saturated carbocycles. The summed E-state index contributed by atoms with van der Waals surface area (Å²) in [6, 6.07) is 15.1. The van der Waals surface area contributed by atoms with E-state index in [1.165, 1.54) is 0 Å². The van der Waals surface area contributed by atoms with Gasteiger partial charge in [-0.3, -0.25) is 4.79 Å². The molecule has 1 aliphatic heterocycles. The summed E-state index contributed by atoms with van der Waals surface area (Å²) in [6.07, 6.45) is 5.45. The van der Waals surface area contributed by atoms with Gasteiger partial charge < -0.3 is 9.47 Å². The molecule has 1 atom stereocenters. The number of para-hydroxylation sites is 1. The Hall–Kier alpha value is -2.31. The summed E-state index contributed by atoms with van der Waals surface area (Å²) in [7, 11) is -3.79. The Labute approximate surface area is 188 Å². The number of benzene rings is 2. The van der Waals surface area contributed by atoms with E-state index in [0.29, 0.717) is 23.5 Å². The van der Waals surface area contributed by atoms with Crippen LogP contribution >= 0.6 is 11.6 Å². The SMILES string of the molecule is CC[C@@H]1CCCCN1C(=O)CS(=O)(=O)c1cn(Cc2ccccc2Cl)c2ccccc12. The second-order valence-electron chi connectivity index (χ2n) is 8.13. The number of hydrogen-bond donors (Lipinski definition) is 0. The lowest BCUT2D eigenvalue weighted by Crippen LogP contribution is -2.45. The summed E-state index contributed by atoms with van der Waals surface area (Å²) in [5.74, 6) is -0.793. The standard InChI is InChI=1S/C24H27ClN2O3S/c1-2-19-10-7-8-14-27(19)24(28)17-31(29,30)23-16-26(22-13-6-4-11-20(22)23)15-18-9-3-5-12-21(18)25/h3-6,9,11-13,16,19H,2,7-8,10,14-15,17H2,1H3/t19-/m1/s1. The zero-order chi connectivity index (χ0) is 22.0. The van der Waals surface area contributed by atoms with Gasteiger partial charge in [-0.15, -0.1) is 0 Å². The molecule has 7 heteroatoms. The van der Waals surface area contributed by atoms with Crippen molar-refractivity contribution >= 4 is 38.2 Å². The zero-order valence-electron chi connectivity index (χ0n) is 17.6. The maximum atomic E-state index is 13.3. The summed E-state index contributed by atoms with van der Waals surface area (Å²) >= 11 is 6.32. The Morgan fingerprint density at radius 2 is 1.84 bits per heavy atom. The van der Waals surface area contributed by atoms with E-state index in [9.17, 15) is 13.2 Å². The van der Waals surface area contributed by atoms with Gasteiger partial charge in [0, 0.05) is 41.3 Å². The van der Waals surface area contributed by atoms with Gasteiger partial charge in [-0.25, -0.2) is 8.42 Å². The molecular formula is C24H27ClN2O3S. The van der Waals surface area contributed by atoms with E-state index in [1.807, 2.05) is 54.0 Å². The molecule has 31 heavy (non-hydrogen) atoms. The van der Waals surface area contributed by atoms with Crippen LogP contribution in [0.5, 0.6) is 0 Å². The van der Waals surface area contributed by atoms with Crippen LogP contribution in [0.2, 0.25) is 5.02 Å². The number of sulfone groups is 1. The van der Waals surface area contributed by atoms with Crippen molar-refractivity contribution < 1.29 is 13.2 Å². The van der Waals surface area contributed by atoms with Crippen LogP contribution in [0.1, 0.15) is 38.2 Å². The van der Waals surface area contributed by atoms with Gasteiger partial charge >= 0.3 is 0 Å². The number of hydrogen-bond acceptors (Lipinski definition) is 3. The smallest absolute Gasteiger partial charge is 0.238 e. The minimum Gasteiger partial charge on any atom is -0.342 e. The Balaban J connectivity index is 1.67. The van der Waals surface area contributed by atoms with Gasteiger partial charge in [0.25, 0.3) is 0 Å². The topological polar surface area (TPSA) is 59.4 Å². The lowest BCUT2D eigenvalue weighted by atomic mass is 10.0. The molecule has 0 spiro atoms. The van der Waals surface area contributed by atoms with Crippen LogP contribution in [0.3, 0.4) is 0 Å². The second-order valence-corrected chi connectivity index (χ2v) is 10.5. The van der Waals surface area contributed by atoms with Gasteiger partial charge in [0.15, 0.2) is 9.84 Å². The summed E-state index contributed by atoms with van der Waals surface area (Å²) in [4.78, 5) is 14.9. The molecule has 0 bridgehead atoms. The molecule has 1 aromatic heterocycles. The lowest BCUT2D eigenvalue weighted by molar-refractivity contribution is -0.132. The zero-order valence-corrected chi connectivity index (χ0v) is 19.2. The number of likely N-dealkylation sites (tertiary alicyclic amines) is 1. The summed E-state index contributed by atoms with van der Waals surface area (Å²) in [5.41, 5.74) is 1.71. The van der Waals surface area contributed by atoms with Gasteiger partial charge in [-0.2, -0.15) is 0 Å². The fraction of sp³-hybridized carbons (Fsp3) is 0.375. The van der Waals surface area contributed by atoms with E-state index in [1.54, 1.807) is 17.2 Å². The molecule has 0 unspecified atom stereocenters. The van der Waals surface area contributed by atoms with Gasteiger partial charge in [0.1, 0.15) is 5.75 Å². The van der Waals surface area contributed by atoms with Crippen LogP contribution in [0.25, 0.3) is 10.9 Å². The number of nitrogens with zero attached hydrogens (tertiary/aromatic N) is 2. The molecule has 4 rings (SSSR count). The van der Waals surface area contributed by atoms with Gasteiger partial charge in [0.05, 0.1) is 4.90 Å². The first-order valence-electron chi connectivity index (χ1n) is 10.7. The third-order valence-corrected chi connectivity index (χ3v) is 8.11. The molecule has 1 saturated heterocycles. The van der Waals surface area contributed by atoms with E-state index in [0.717, 1.165) is 36.8 Å². The van der Waals surface area contributed by atoms with E-state index in [4.69, 9.17) is 11.6 Å². The molecule has 1 amide bonds. The molecule has 3 aromatic rings. The van der Waals surface area contributed by atoms with Crippen LogP contribution in [0, 0.1) is 0 Å². The predicted molar refractivity (Wildman–Crippen MR) is 124 cm³/mol. The van der Waals surface area contributed by atoms with Crippen LogP contribution in [-0.4, -0.2) is 42.1 Å². The average Bonchev–Trinajstić information content (AvgIpc) is 3.14. The number of carbonyl (C=O) groups is 1. The summed E-state index contributed by atoms with van der Waals surface area (Å²) < 4.78 is 28.6. The molecule has 2 heterocycles.